The Morgan fingerprint density at radius 3 is 2.52 bits per heavy atom. The third-order valence-corrected chi connectivity index (χ3v) is 4.52. The molecular formula is C20H21N5O2. The Morgan fingerprint density at radius 1 is 1.19 bits per heavy atom. The van der Waals surface area contributed by atoms with Gasteiger partial charge in [-0.05, 0) is 38.1 Å². The van der Waals surface area contributed by atoms with E-state index in [0.29, 0.717) is 33.8 Å². The molecule has 0 amide bonds. The van der Waals surface area contributed by atoms with Crippen molar-refractivity contribution in [2.45, 2.75) is 19.9 Å². The molecule has 3 aromatic rings. The molecule has 138 valence electrons. The van der Waals surface area contributed by atoms with Crippen LogP contribution < -0.4 is 10.6 Å². The van der Waals surface area contributed by atoms with Crippen molar-refractivity contribution < 1.29 is 9.90 Å². The Hall–Kier alpha value is -3.48. The summed E-state index contributed by atoms with van der Waals surface area (Å²) in [7, 11) is 1.92. The fourth-order valence-corrected chi connectivity index (χ4v) is 2.72. The summed E-state index contributed by atoms with van der Waals surface area (Å²) >= 11 is 0. The maximum atomic E-state index is 11.3. The molecule has 0 atom stereocenters. The summed E-state index contributed by atoms with van der Waals surface area (Å²) in [6, 6.07) is 10.3. The van der Waals surface area contributed by atoms with Gasteiger partial charge >= 0.3 is 5.97 Å². The SMILES string of the molecule is CC(C)N(C)c1nc2cc(C(=O)O)ccc2nc1-c1ccc(C=N)c(N)c1. The van der Waals surface area contributed by atoms with E-state index in [4.69, 9.17) is 21.1 Å². The summed E-state index contributed by atoms with van der Waals surface area (Å²) in [6.07, 6.45) is 1.21. The Bertz CT molecular complexity index is 1050. The molecule has 27 heavy (non-hydrogen) atoms. The van der Waals surface area contributed by atoms with Crippen molar-refractivity contribution in [2.24, 2.45) is 0 Å². The van der Waals surface area contributed by atoms with Crippen LogP contribution in [0.3, 0.4) is 0 Å². The van der Waals surface area contributed by atoms with Gasteiger partial charge in [-0.15, -0.1) is 0 Å². The predicted molar refractivity (Wildman–Crippen MR) is 108 cm³/mol. The highest BCUT2D eigenvalue weighted by atomic mass is 16.4. The molecule has 3 rings (SSSR count). The largest absolute Gasteiger partial charge is 0.478 e. The van der Waals surface area contributed by atoms with Crippen LogP contribution in [0.2, 0.25) is 0 Å². The van der Waals surface area contributed by atoms with E-state index in [0.717, 1.165) is 5.56 Å². The molecule has 0 saturated carbocycles. The molecule has 0 aliphatic heterocycles. The van der Waals surface area contributed by atoms with Gasteiger partial charge in [0.25, 0.3) is 0 Å². The van der Waals surface area contributed by atoms with Crippen molar-refractivity contribution >= 4 is 34.7 Å². The maximum Gasteiger partial charge on any atom is 0.335 e. The number of hydrogen-bond donors (Lipinski definition) is 3. The zero-order valence-electron chi connectivity index (χ0n) is 15.4. The third kappa shape index (κ3) is 3.44. The number of carboxylic acids is 1. The average molecular weight is 363 g/mol. The minimum Gasteiger partial charge on any atom is -0.478 e. The molecule has 0 spiro atoms. The fourth-order valence-electron chi connectivity index (χ4n) is 2.72. The van der Waals surface area contributed by atoms with Crippen molar-refractivity contribution in [3.8, 4) is 11.3 Å². The van der Waals surface area contributed by atoms with Gasteiger partial charge < -0.3 is 21.1 Å². The molecule has 7 heteroatoms. The molecule has 1 aromatic heterocycles. The molecule has 2 aromatic carbocycles. The Kier molecular flexibility index (Phi) is 4.77. The second-order valence-electron chi connectivity index (χ2n) is 6.60. The summed E-state index contributed by atoms with van der Waals surface area (Å²) in [5, 5.41) is 16.6. The van der Waals surface area contributed by atoms with Gasteiger partial charge in [-0.1, -0.05) is 12.1 Å². The van der Waals surface area contributed by atoms with Crippen LogP contribution in [0.25, 0.3) is 22.3 Å². The lowest BCUT2D eigenvalue weighted by atomic mass is 10.1. The van der Waals surface area contributed by atoms with Crippen LogP contribution in [-0.2, 0) is 0 Å². The van der Waals surface area contributed by atoms with Gasteiger partial charge in [-0.25, -0.2) is 14.8 Å². The molecule has 0 bridgehead atoms. The van der Waals surface area contributed by atoms with E-state index in [1.807, 2.05) is 31.9 Å². The number of aromatic nitrogens is 2. The Balaban J connectivity index is 2.27. The Labute approximate surface area is 157 Å². The van der Waals surface area contributed by atoms with E-state index in [9.17, 15) is 9.90 Å². The van der Waals surface area contributed by atoms with Crippen LogP contribution in [0.15, 0.2) is 36.4 Å². The third-order valence-electron chi connectivity index (χ3n) is 4.52. The van der Waals surface area contributed by atoms with E-state index in [1.165, 1.54) is 18.3 Å². The molecule has 0 unspecified atom stereocenters. The summed E-state index contributed by atoms with van der Waals surface area (Å²) in [6.45, 7) is 4.08. The van der Waals surface area contributed by atoms with Gasteiger partial charge in [-0.3, -0.25) is 0 Å². The Morgan fingerprint density at radius 2 is 1.93 bits per heavy atom. The van der Waals surface area contributed by atoms with Crippen LogP contribution in [0.4, 0.5) is 11.5 Å². The normalized spacial score (nSPS) is 11.0. The first-order valence-corrected chi connectivity index (χ1v) is 8.50. The van der Waals surface area contributed by atoms with Crippen LogP contribution in [-0.4, -0.2) is 40.3 Å². The number of nitrogens with zero attached hydrogens (tertiary/aromatic N) is 3. The summed E-state index contributed by atoms with van der Waals surface area (Å²) in [5.74, 6) is -0.362. The van der Waals surface area contributed by atoms with E-state index < -0.39 is 5.97 Å². The number of benzene rings is 2. The molecule has 0 aliphatic rings. The maximum absolute atomic E-state index is 11.3. The quantitative estimate of drug-likeness (QED) is 0.472. The van der Waals surface area contributed by atoms with Gasteiger partial charge in [0, 0.05) is 36.1 Å². The first-order chi connectivity index (χ1) is 12.8. The minimum absolute atomic E-state index is 0.163. The molecule has 4 N–H and O–H groups in total. The monoisotopic (exact) mass is 363 g/mol. The molecule has 1 heterocycles. The number of rotatable bonds is 5. The van der Waals surface area contributed by atoms with Gasteiger partial charge in [0.15, 0.2) is 5.82 Å². The fraction of sp³-hybridized carbons (Fsp3) is 0.200. The van der Waals surface area contributed by atoms with Crippen molar-refractivity contribution in [3.05, 3.63) is 47.5 Å². The molecular weight excluding hydrogens is 342 g/mol. The summed E-state index contributed by atoms with van der Waals surface area (Å²) in [5.41, 5.74) is 9.91. The van der Waals surface area contributed by atoms with Gasteiger partial charge in [-0.2, -0.15) is 0 Å². The van der Waals surface area contributed by atoms with Gasteiger partial charge in [0.1, 0.15) is 5.69 Å². The number of aromatic carboxylic acids is 1. The van der Waals surface area contributed by atoms with E-state index >= 15 is 0 Å². The van der Waals surface area contributed by atoms with Crippen LogP contribution in [0.1, 0.15) is 29.8 Å². The molecule has 0 radical (unpaired) electrons. The highest BCUT2D eigenvalue weighted by Gasteiger charge is 2.18. The molecule has 0 fully saturated rings. The number of hydrogen-bond acceptors (Lipinski definition) is 6. The lowest BCUT2D eigenvalue weighted by Crippen LogP contribution is -2.27. The van der Waals surface area contributed by atoms with Crippen LogP contribution in [0, 0.1) is 5.41 Å². The number of nitrogens with one attached hydrogen (secondary N) is 1. The van der Waals surface area contributed by atoms with E-state index in [2.05, 4.69) is 0 Å². The smallest absolute Gasteiger partial charge is 0.335 e. The first-order valence-electron chi connectivity index (χ1n) is 8.50. The van der Waals surface area contributed by atoms with Crippen molar-refractivity contribution in [1.82, 2.24) is 9.97 Å². The second kappa shape index (κ2) is 7.03. The summed E-state index contributed by atoms with van der Waals surface area (Å²) < 4.78 is 0. The average Bonchev–Trinajstić information content (AvgIpc) is 2.65. The zero-order chi connectivity index (χ0) is 19.7. The van der Waals surface area contributed by atoms with Gasteiger partial charge in [0.05, 0.1) is 16.6 Å². The van der Waals surface area contributed by atoms with Crippen LogP contribution in [0.5, 0.6) is 0 Å². The lowest BCUT2D eigenvalue weighted by Gasteiger charge is -2.25. The number of anilines is 2. The molecule has 0 saturated heterocycles. The number of carboxylic acid groups (broad SMARTS) is 1. The topological polar surface area (TPSA) is 116 Å². The van der Waals surface area contributed by atoms with Crippen molar-refractivity contribution in [2.75, 3.05) is 17.7 Å². The standard InChI is InChI=1S/C20H21N5O2/c1-11(2)25(3)19-18(12-4-5-14(10-21)15(22)8-12)23-16-7-6-13(20(26)27)9-17(16)24-19/h4-11,21H,22H2,1-3H3,(H,26,27). The van der Waals surface area contributed by atoms with Gasteiger partial charge in [0.2, 0.25) is 0 Å². The second-order valence-corrected chi connectivity index (χ2v) is 6.60. The first kappa shape index (κ1) is 18.3. The number of fused-ring (bicyclic) bond motifs is 1. The van der Waals surface area contributed by atoms with E-state index in [-0.39, 0.29) is 11.6 Å². The van der Waals surface area contributed by atoms with E-state index in [1.54, 1.807) is 18.2 Å². The number of carbonyl (C=O) groups is 1. The highest BCUT2D eigenvalue weighted by Crippen LogP contribution is 2.32. The van der Waals surface area contributed by atoms with Crippen LogP contribution >= 0.6 is 0 Å². The highest BCUT2D eigenvalue weighted by molar-refractivity contribution is 5.94. The predicted octanol–water partition coefficient (Wildman–Crippen LogP) is 3.42. The molecule has 0 aliphatic carbocycles. The number of nitrogen functional groups attached to an aromatic ring is 1. The van der Waals surface area contributed by atoms with Crippen molar-refractivity contribution in [1.29, 1.82) is 5.41 Å². The lowest BCUT2D eigenvalue weighted by molar-refractivity contribution is 0.0697. The van der Waals surface area contributed by atoms with Crippen molar-refractivity contribution in [3.63, 3.8) is 0 Å². The zero-order valence-corrected chi connectivity index (χ0v) is 15.4. The summed E-state index contributed by atoms with van der Waals surface area (Å²) in [4.78, 5) is 22.7. The molecule has 7 nitrogen and oxygen atoms in total. The minimum atomic E-state index is -1.00. The number of nitrogens with two attached hydrogens (primary N) is 1.